The second-order valence-electron chi connectivity index (χ2n) is 4.58. The van der Waals surface area contributed by atoms with Gasteiger partial charge in [-0.3, -0.25) is 19.8 Å². The molecular formula is C12H17N3O4. The van der Waals surface area contributed by atoms with Crippen molar-refractivity contribution in [1.82, 2.24) is 9.47 Å². The van der Waals surface area contributed by atoms with Crippen molar-refractivity contribution in [1.29, 1.82) is 0 Å². The van der Waals surface area contributed by atoms with Crippen LogP contribution in [-0.2, 0) is 11.3 Å². The van der Waals surface area contributed by atoms with E-state index in [0.717, 1.165) is 13.1 Å². The Hall–Kier alpha value is -1.73. The van der Waals surface area contributed by atoms with Crippen LogP contribution in [0.3, 0.4) is 0 Å². The summed E-state index contributed by atoms with van der Waals surface area (Å²) >= 11 is 0. The van der Waals surface area contributed by atoms with E-state index in [1.165, 1.54) is 16.8 Å². The molecule has 104 valence electrons. The zero-order valence-electron chi connectivity index (χ0n) is 10.9. The highest BCUT2D eigenvalue weighted by Gasteiger charge is 2.14. The first-order chi connectivity index (χ1) is 9.08. The highest BCUT2D eigenvalue weighted by Crippen LogP contribution is 2.13. The zero-order valence-corrected chi connectivity index (χ0v) is 10.9. The molecule has 0 N–H and O–H groups in total. The largest absolute Gasteiger partial charge is 0.379 e. The van der Waals surface area contributed by atoms with Gasteiger partial charge in [-0.2, -0.15) is 0 Å². The van der Waals surface area contributed by atoms with Crippen molar-refractivity contribution < 1.29 is 9.66 Å². The molecule has 1 aromatic rings. The molecule has 2 rings (SSSR count). The van der Waals surface area contributed by atoms with Gasteiger partial charge in [-0.25, -0.2) is 0 Å². The number of hydrogen-bond acceptors (Lipinski definition) is 5. The Balaban J connectivity index is 2.09. The van der Waals surface area contributed by atoms with E-state index in [9.17, 15) is 14.9 Å². The first-order valence-electron chi connectivity index (χ1n) is 6.23. The first kappa shape index (κ1) is 13.7. The van der Waals surface area contributed by atoms with E-state index in [4.69, 9.17) is 4.74 Å². The van der Waals surface area contributed by atoms with Gasteiger partial charge in [0.05, 0.1) is 24.3 Å². The summed E-state index contributed by atoms with van der Waals surface area (Å²) in [6.45, 7) is 5.80. The smallest absolute Gasteiger partial charge is 0.288 e. The van der Waals surface area contributed by atoms with E-state index in [1.54, 1.807) is 6.92 Å². The Labute approximate surface area is 110 Å². The van der Waals surface area contributed by atoms with Gasteiger partial charge in [0.2, 0.25) is 0 Å². The maximum absolute atomic E-state index is 11.8. The summed E-state index contributed by atoms with van der Waals surface area (Å²) < 4.78 is 6.65. The van der Waals surface area contributed by atoms with E-state index in [2.05, 4.69) is 4.90 Å². The fourth-order valence-electron chi connectivity index (χ4n) is 2.09. The average molecular weight is 267 g/mol. The van der Waals surface area contributed by atoms with Crippen LogP contribution in [0.2, 0.25) is 0 Å². The van der Waals surface area contributed by atoms with Gasteiger partial charge in [0.1, 0.15) is 0 Å². The van der Waals surface area contributed by atoms with Gasteiger partial charge < -0.3 is 9.30 Å². The molecule has 0 saturated carbocycles. The second-order valence-corrected chi connectivity index (χ2v) is 4.58. The minimum atomic E-state index is -0.458. The van der Waals surface area contributed by atoms with Crippen LogP contribution in [0, 0.1) is 17.0 Å². The second kappa shape index (κ2) is 5.94. The highest BCUT2D eigenvalue weighted by molar-refractivity contribution is 5.35. The van der Waals surface area contributed by atoms with Gasteiger partial charge in [-0.05, 0) is 6.92 Å². The molecule has 0 spiro atoms. The predicted octanol–water partition coefficient (Wildman–Crippen LogP) is 0.397. The molecule has 1 fully saturated rings. The molecule has 0 amide bonds. The quantitative estimate of drug-likeness (QED) is 0.583. The number of nitrogens with zero attached hydrogens (tertiary/aromatic N) is 3. The molecule has 19 heavy (non-hydrogen) atoms. The predicted molar refractivity (Wildman–Crippen MR) is 69.4 cm³/mol. The number of aryl methyl sites for hydroxylation is 1. The maximum Gasteiger partial charge on any atom is 0.288 e. The third-order valence-electron chi connectivity index (χ3n) is 3.26. The van der Waals surface area contributed by atoms with Crippen LogP contribution < -0.4 is 5.56 Å². The van der Waals surface area contributed by atoms with Gasteiger partial charge in [-0.15, -0.1) is 0 Å². The van der Waals surface area contributed by atoms with Crippen molar-refractivity contribution in [3.8, 4) is 0 Å². The number of aromatic nitrogens is 1. The summed E-state index contributed by atoms with van der Waals surface area (Å²) in [4.78, 5) is 24.4. The number of hydrogen-bond donors (Lipinski definition) is 0. The van der Waals surface area contributed by atoms with Crippen LogP contribution in [0.25, 0.3) is 0 Å². The summed E-state index contributed by atoms with van der Waals surface area (Å²) in [5, 5.41) is 10.9. The Morgan fingerprint density at radius 2 is 2.05 bits per heavy atom. The van der Waals surface area contributed by atoms with Gasteiger partial charge >= 0.3 is 0 Å². The van der Waals surface area contributed by atoms with Crippen molar-refractivity contribution in [2.24, 2.45) is 0 Å². The molecular weight excluding hydrogens is 250 g/mol. The number of pyridine rings is 1. The molecule has 0 bridgehead atoms. The van der Waals surface area contributed by atoms with Gasteiger partial charge in [0, 0.05) is 37.8 Å². The SMILES string of the molecule is Cc1cc(=O)n(CCN2CCOCC2)cc1[N+](=O)[O-]. The fraction of sp³-hybridized carbons (Fsp3) is 0.583. The summed E-state index contributed by atoms with van der Waals surface area (Å²) in [5.41, 5.74) is 0.190. The summed E-state index contributed by atoms with van der Waals surface area (Å²) in [6.07, 6.45) is 1.33. The van der Waals surface area contributed by atoms with Crippen molar-refractivity contribution in [3.05, 3.63) is 38.3 Å². The number of morpholine rings is 1. The normalized spacial score (nSPS) is 16.5. The standard InChI is InChI=1S/C12H17N3O4/c1-10-8-12(16)14(9-11(10)15(17)18)3-2-13-4-6-19-7-5-13/h8-9H,2-7H2,1H3. The number of ether oxygens (including phenoxy) is 1. The van der Waals surface area contributed by atoms with Crippen molar-refractivity contribution in [2.45, 2.75) is 13.5 Å². The van der Waals surface area contributed by atoms with Crippen LogP contribution >= 0.6 is 0 Å². The lowest BCUT2D eigenvalue weighted by molar-refractivity contribution is -0.385. The van der Waals surface area contributed by atoms with Crippen LogP contribution in [0.1, 0.15) is 5.56 Å². The third-order valence-corrected chi connectivity index (χ3v) is 3.26. The molecule has 1 aliphatic rings. The Bertz CT molecular complexity index is 520. The van der Waals surface area contributed by atoms with Crippen molar-refractivity contribution in [2.75, 3.05) is 32.8 Å². The molecule has 7 nitrogen and oxygen atoms in total. The molecule has 2 heterocycles. The van der Waals surface area contributed by atoms with Crippen LogP contribution in [-0.4, -0.2) is 47.2 Å². The van der Waals surface area contributed by atoms with E-state index in [1.807, 2.05) is 0 Å². The topological polar surface area (TPSA) is 77.6 Å². The molecule has 0 aliphatic carbocycles. The van der Waals surface area contributed by atoms with Gasteiger partial charge in [0.15, 0.2) is 0 Å². The molecule has 0 atom stereocenters. The van der Waals surface area contributed by atoms with E-state index in [-0.39, 0.29) is 11.2 Å². The van der Waals surface area contributed by atoms with Gasteiger partial charge in [0.25, 0.3) is 11.2 Å². The zero-order chi connectivity index (χ0) is 13.8. The average Bonchev–Trinajstić information content (AvgIpc) is 2.38. The lowest BCUT2D eigenvalue weighted by atomic mass is 10.2. The van der Waals surface area contributed by atoms with Gasteiger partial charge in [-0.1, -0.05) is 0 Å². The molecule has 1 aliphatic heterocycles. The van der Waals surface area contributed by atoms with Crippen LogP contribution in [0.5, 0.6) is 0 Å². The first-order valence-corrected chi connectivity index (χ1v) is 6.23. The molecule has 7 heteroatoms. The molecule has 0 aromatic carbocycles. The Morgan fingerprint density at radius 1 is 1.37 bits per heavy atom. The monoisotopic (exact) mass is 267 g/mol. The molecule has 0 radical (unpaired) electrons. The third kappa shape index (κ3) is 3.39. The lowest BCUT2D eigenvalue weighted by Gasteiger charge is -2.26. The van der Waals surface area contributed by atoms with Crippen LogP contribution in [0.4, 0.5) is 5.69 Å². The number of nitro groups is 1. The lowest BCUT2D eigenvalue weighted by Crippen LogP contribution is -2.39. The number of rotatable bonds is 4. The summed E-state index contributed by atoms with van der Waals surface area (Å²) in [6, 6.07) is 1.32. The minimum Gasteiger partial charge on any atom is -0.379 e. The van der Waals surface area contributed by atoms with Crippen LogP contribution in [0.15, 0.2) is 17.1 Å². The highest BCUT2D eigenvalue weighted by atomic mass is 16.6. The van der Waals surface area contributed by atoms with Crippen molar-refractivity contribution >= 4 is 5.69 Å². The minimum absolute atomic E-state index is 0.0124. The maximum atomic E-state index is 11.8. The van der Waals surface area contributed by atoms with E-state index >= 15 is 0 Å². The van der Waals surface area contributed by atoms with Crippen molar-refractivity contribution in [3.63, 3.8) is 0 Å². The summed E-state index contributed by atoms with van der Waals surface area (Å²) in [5.74, 6) is 0. The Kier molecular flexibility index (Phi) is 4.28. The van der Waals surface area contributed by atoms with E-state index in [0.29, 0.717) is 31.9 Å². The molecule has 1 saturated heterocycles. The van der Waals surface area contributed by atoms with E-state index < -0.39 is 4.92 Å². The molecule has 0 unspecified atom stereocenters. The fourth-order valence-corrected chi connectivity index (χ4v) is 2.09. The summed E-state index contributed by atoms with van der Waals surface area (Å²) in [7, 11) is 0. The Morgan fingerprint density at radius 3 is 2.68 bits per heavy atom. The molecule has 1 aromatic heterocycles.